The zero-order valence-corrected chi connectivity index (χ0v) is 11.7. The number of amides is 2. The van der Waals surface area contributed by atoms with Crippen LogP contribution in [0.2, 0.25) is 0 Å². The number of rotatable bonds is 3. The van der Waals surface area contributed by atoms with Gasteiger partial charge in [-0.2, -0.15) is 0 Å². The summed E-state index contributed by atoms with van der Waals surface area (Å²) in [4.78, 5) is 25.8. The molecule has 2 aliphatic rings. The average molecular weight is 272 g/mol. The number of benzene rings is 1. The first-order valence-electron chi connectivity index (χ1n) is 7.33. The first-order valence-corrected chi connectivity index (χ1v) is 7.33. The lowest BCUT2D eigenvalue weighted by molar-refractivity contribution is -0.121. The Morgan fingerprint density at radius 2 is 1.90 bits per heavy atom. The molecule has 1 aromatic carbocycles. The molecule has 0 spiro atoms. The van der Waals surface area contributed by atoms with E-state index in [9.17, 15) is 9.59 Å². The van der Waals surface area contributed by atoms with Gasteiger partial charge < -0.3 is 5.32 Å². The van der Waals surface area contributed by atoms with Gasteiger partial charge in [-0.1, -0.05) is 25.1 Å². The molecule has 3 rings (SSSR count). The number of hydrogen-bond acceptors (Lipinski definition) is 3. The summed E-state index contributed by atoms with van der Waals surface area (Å²) in [5.41, 5.74) is 0.673. The lowest BCUT2D eigenvalue weighted by Gasteiger charge is -2.18. The second kappa shape index (κ2) is 5.37. The number of carbonyl (C=O) groups excluding carboxylic acids is 2. The van der Waals surface area contributed by atoms with Crippen molar-refractivity contribution in [3.63, 3.8) is 0 Å². The highest BCUT2D eigenvalue weighted by molar-refractivity contribution is 6.22. The first-order chi connectivity index (χ1) is 9.65. The molecule has 1 saturated carbocycles. The lowest BCUT2D eigenvalue weighted by atomic mass is 10.1. The minimum atomic E-state index is -0.349. The van der Waals surface area contributed by atoms with Gasteiger partial charge in [0.25, 0.3) is 5.91 Å². The molecule has 20 heavy (non-hydrogen) atoms. The van der Waals surface area contributed by atoms with Gasteiger partial charge in [-0.3, -0.25) is 9.59 Å². The van der Waals surface area contributed by atoms with Crippen molar-refractivity contribution < 1.29 is 9.59 Å². The maximum Gasteiger partial charge on any atom is 0.251 e. The number of imide groups is 1. The highest BCUT2D eigenvalue weighted by atomic mass is 16.2. The van der Waals surface area contributed by atoms with E-state index in [-0.39, 0.29) is 24.3 Å². The molecular weight excluding hydrogens is 252 g/mol. The summed E-state index contributed by atoms with van der Waals surface area (Å²) in [6.45, 7) is 2.24. The monoisotopic (exact) mass is 272 g/mol. The van der Waals surface area contributed by atoms with Crippen LogP contribution in [0.1, 0.15) is 32.6 Å². The van der Waals surface area contributed by atoms with Crippen LogP contribution in [0.15, 0.2) is 30.3 Å². The number of para-hydroxylation sites is 1. The second-order valence-electron chi connectivity index (χ2n) is 5.94. The summed E-state index contributed by atoms with van der Waals surface area (Å²) in [6, 6.07) is 9.20. The summed E-state index contributed by atoms with van der Waals surface area (Å²) in [7, 11) is 0. The molecule has 106 valence electrons. The van der Waals surface area contributed by atoms with Crippen molar-refractivity contribution >= 4 is 17.5 Å². The van der Waals surface area contributed by atoms with Crippen molar-refractivity contribution in [1.82, 2.24) is 5.32 Å². The molecule has 1 N–H and O–H groups in total. The Hall–Kier alpha value is -1.68. The van der Waals surface area contributed by atoms with Crippen molar-refractivity contribution in [1.29, 1.82) is 0 Å². The van der Waals surface area contributed by atoms with Crippen LogP contribution >= 0.6 is 0 Å². The molecule has 2 fully saturated rings. The van der Waals surface area contributed by atoms with Crippen molar-refractivity contribution in [3.8, 4) is 0 Å². The lowest BCUT2D eigenvalue weighted by Crippen LogP contribution is -2.43. The molecule has 1 heterocycles. The molecule has 1 saturated heterocycles. The Kier molecular flexibility index (Phi) is 3.57. The number of nitrogens with zero attached hydrogens (tertiary/aromatic N) is 1. The molecule has 1 aromatic rings. The van der Waals surface area contributed by atoms with Gasteiger partial charge in [-0.25, -0.2) is 4.90 Å². The number of hydrogen-bond donors (Lipinski definition) is 1. The first kappa shape index (κ1) is 13.3. The Morgan fingerprint density at radius 3 is 2.55 bits per heavy atom. The highest BCUT2D eigenvalue weighted by Gasteiger charge is 2.40. The quantitative estimate of drug-likeness (QED) is 0.857. The van der Waals surface area contributed by atoms with E-state index in [1.54, 1.807) is 12.1 Å². The molecule has 4 heteroatoms. The summed E-state index contributed by atoms with van der Waals surface area (Å²) < 4.78 is 0. The predicted octanol–water partition coefficient (Wildman–Crippen LogP) is 2.10. The van der Waals surface area contributed by atoms with Crippen LogP contribution in [0.5, 0.6) is 0 Å². The Labute approximate surface area is 119 Å². The van der Waals surface area contributed by atoms with Crippen molar-refractivity contribution in [2.24, 2.45) is 5.92 Å². The SMILES string of the molecule is CC1CCC(NC2CC(=O)N(c3ccccc3)C2=O)C1. The van der Waals surface area contributed by atoms with Gasteiger partial charge in [0.2, 0.25) is 5.91 Å². The maximum absolute atomic E-state index is 12.4. The second-order valence-corrected chi connectivity index (χ2v) is 5.94. The standard InChI is InChI=1S/C16H20N2O2/c1-11-7-8-12(9-11)17-14-10-15(19)18(16(14)20)13-5-3-2-4-6-13/h2-6,11-12,14,17H,7-10H2,1H3. The van der Waals surface area contributed by atoms with Gasteiger partial charge >= 0.3 is 0 Å². The fraction of sp³-hybridized carbons (Fsp3) is 0.500. The molecule has 3 atom stereocenters. The van der Waals surface area contributed by atoms with Crippen molar-refractivity contribution in [2.45, 2.75) is 44.7 Å². The third-order valence-electron chi connectivity index (χ3n) is 4.29. The highest BCUT2D eigenvalue weighted by Crippen LogP contribution is 2.27. The number of nitrogens with one attached hydrogen (secondary N) is 1. The van der Waals surface area contributed by atoms with Crippen LogP contribution in [-0.2, 0) is 9.59 Å². The van der Waals surface area contributed by atoms with Crippen LogP contribution in [-0.4, -0.2) is 23.9 Å². The van der Waals surface area contributed by atoms with Gasteiger partial charge in [-0.05, 0) is 37.3 Å². The average Bonchev–Trinajstić information content (AvgIpc) is 2.96. The molecule has 3 unspecified atom stereocenters. The van der Waals surface area contributed by atoms with Crippen LogP contribution < -0.4 is 10.2 Å². The predicted molar refractivity (Wildman–Crippen MR) is 77.3 cm³/mol. The van der Waals surface area contributed by atoms with Crippen molar-refractivity contribution in [3.05, 3.63) is 30.3 Å². The van der Waals surface area contributed by atoms with Crippen LogP contribution in [0.25, 0.3) is 0 Å². The summed E-state index contributed by atoms with van der Waals surface area (Å²) in [5, 5.41) is 3.38. The minimum Gasteiger partial charge on any atom is -0.303 e. The fourth-order valence-electron chi connectivity index (χ4n) is 3.25. The molecule has 0 aromatic heterocycles. The summed E-state index contributed by atoms with van der Waals surface area (Å²) >= 11 is 0. The van der Waals surface area contributed by atoms with Crippen LogP contribution in [0.4, 0.5) is 5.69 Å². The number of anilines is 1. The molecule has 0 radical (unpaired) electrons. The molecule has 4 nitrogen and oxygen atoms in total. The number of carbonyl (C=O) groups is 2. The van der Waals surface area contributed by atoms with E-state index >= 15 is 0 Å². The largest absolute Gasteiger partial charge is 0.303 e. The van der Waals surface area contributed by atoms with E-state index in [0.29, 0.717) is 17.6 Å². The Bertz CT molecular complexity index is 514. The van der Waals surface area contributed by atoms with Gasteiger partial charge in [-0.15, -0.1) is 0 Å². The molecule has 1 aliphatic carbocycles. The van der Waals surface area contributed by atoms with E-state index in [4.69, 9.17) is 0 Å². The van der Waals surface area contributed by atoms with Crippen molar-refractivity contribution in [2.75, 3.05) is 4.90 Å². The van der Waals surface area contributed by atoms with Gasteiger partial charge in [0, 0.05) is 6.04 Å². The maximum atomic E-state index is 12.4. The smallest absolute Gasteiger partial charge is 0.251 e. The van der Waals surface area contributed by atoms with E-state index in [1.807, 2.05) is 18.2 Å². The Morgan fingerprint density at radius 1 is 1.15 bits per heavy atom. The van der Waals surface area contributed by atoms with Gasteiger partial charge in [0.05, 0.1) is 18.2 Å². The van der Waals surface area contributed by atoms with E-state index in [0.717, 1.165) is 12.8 Å². The minimum absolute atomic E-state index is 0.107. The Balaban J connectivity index is 1.71. The molecule has 1 aliphatic heterocycles. The molecule has 0 bridgehead atoms. The van der Waals surface area contributed by atoms with E-state index in [2.05, 4.69) is 12.2 Å². The van der Waals surface area contributed by atoms with Gasteiger partial charge in [0.15, 0.2) is 0 Å². The third kappa shape index (κ3) is 2.48. The van der Waals surface area contributed by atoms with Crippen LogP contribution in [0.3, 0.4) is 0 Å². The van der Waals surface area contributed by atoms with E-state index in [1.165, 1.54) is 11.3 Å². The van der Waals surface area contributed by atoms with Crippen LogP contribution in [0, 0.1) is 5.92 Å². The zero-order chi connectivity index (χ0) is 14.1. The summed E-state index contributed by atoms with van der Waals surface area (Å²) in [5.74, 6) is 0.496. The van der Waals surface area contributed by atoms with E-state index < -0.39 is 0 Å². The third-order valence-corrected chi connectivity index (χ3v) is 4.29. The zero-order valence-electron chi connectivity index (χ0n) is 11.7. The molecule has 2 amide bonds. The molecular formula is C16H20N2O2. The van der Waals surface area contributed by atoms with Gasteiger partial charge in [0.1, 0.15) is 0 Å². The summed E-state index contributed by atoms with van der Waals surface area (Å²) in [6.07, 6.45) is 3.68. The normalized spacial score (nSPS) is 30.2. The topological polar surface area (TPSA) is 49.4 Å². The fourth-order valence-corrected chi connectivity index (χ4v) is 3.25.